The molecule has 19 heavy (non-hydrogen) atoms. The fourth-order valence-corrected chi connectivity index (χ4v) is 3.85. The minimum absolute atomic E-state index is 0. The normalized spacial score (nSPS) is 29.4. The molecule has 2 nitrogen and oxygen atoms in total. The predicted octanol–water partition coefficient (Wildman–Crippen LogP) is 3.62. The molecule has 0 saturated carbocycles. The van der Waals surface area contributed by atoms with Crippen molar-refractivity contribution in [1.82, 2.24) is 9.88 Å². The second-order valence-corrected chi connectivity index (χ2v) is 5.93. The van der Waals surface area contributed by atoms with Crippen LogP contribution in [0.3, 0.4) is 0 Å². The Morgan fingerprint density at radius 3 is 2.68 bits per heavy atom. The molecule has 3 heteroatoms. The Kier molecular flexibility index (Phi) is 3.55. The highest BCUT2D eigenvalue weighted by Crippen LogP contribution is 2.34. The molecule has 102 valence electrons. The molecule has 1 aromatic carbocycles. The van der Waals surface area contributed by atoms with Crippen LogP contribution in [0.2, 0.25) is 0 Å². The summed E-state index contributed by atoms with van der Waals surface area (Å²) in [5.74, 6) is 1.00. The number of halogens is 1. The van der Waals surface area contributed by atoms with E-state index in [0.717, 1.165) is 12.0 Å². The smallest absolute Gasteiger partial charge is 0.0456 e. The van der Waals surface area contributed by atoms with Gasteiger partial charge in [0.05, 0.1) is 0 Å². The lowest BCUT2D eigenvalue weighted by Crippen LogP contribution is -2.49. The highest BCUT2D eigenvalue weighted by atomic mass is 35.5. The van der Waals surface area contributed by atoms with Crippen LogP contribution in [-0.2, 0) is 6.42 Å². The zero-order chi connectivity index (χ0) is 11.9. The molecule has 3 aliphatic heterocycles. The van der Waals surface area contributed by atoms with Gasteiger partial charge in [0.2, 0.25) is 0 Å². The first kappa shape index (κ1) is 13.0. The van der Waals surface area contributed by atoms with Gasteiger partial charge in [0.25, 0.3) is 0 Å². The first-order valence-electron chi connectivity index (χ1n) is 7.19. The molecular formula is C16H21ClN2. The summed E-state index contributed by atoms with van der Waals surface area (Å²) in [5, 5.41) is 1.42. The van der Waals surface area contributed by atoms with E-state index in [4.69, 9.17) is 0 Å². The van der Waals surface area contributed by atoms with Crippen LogP contribution < -0.4 is 0 Å². The molecule has 5 rings (SSSR count). The van der Waals surface area contributed by atoms with Crippen molar-refractivity contribution >= 4 is 23.3 Å². The summed E-state index contributed by atoms with van der Waals surface area (Å²) in [5.41, 5.74) is 2.78. The van der Waals surface area contributed by atoms with Crippen molar-refractivity contribution in [3.63, 3.8) is 0 Å². The molecule has 1 unspecified atom stereocenters. The maximum absolute atomic E-state index is 3.40. The topological polar surface area (TPSA) is 19.0 Å². The molecular weight excluding hydrogens is 256 g/mol. The Morgan fingerprint density at radius 1 is 1.16 bits per heavy atom. The Morgan fingerprint density at radius 2 is 1.95 bits per heavy atom. The van der Waals surface area contributed by atoms with Crippen molar-refractivity contribution in [3.05, 3.63) is 36.0 Å². The number of para-hydroxylation sites is 1. The van der Waals surface area contributed by atoms with Crippen LogP contribution >= 0.6 is 12.4 Å². The summed E-state index contributed by atoms with van der Waals surface area (Å²) in [6.07, 6.45) is 7.73. The van der Waals surface area contributed by atoms with Crippen molar-refractivity contribution in [1.29, 1.82) is 0 Å². The summed E-state index contributed by atoms with van der Waals surface area (Å²) in [7, 11) is 0. The Balaban J connectivity index is 0.00000110. The standard InChI is InChI=1S/C16H20N2.ClH/c1-2-4-16-15(3-1)13(11-17-16)10-14-9-12-5-7-18(14)8-6-12;/h1-4,11-12,14,17H,5-10H2;1H. The second-order valence-electron chi connectivity index (χ2n) is 5.93. The maximum atomic E-state index is 3.40. The van der Waals surface area contributed by atoms with Gasteiger partial charge in [-0.2, -0.15) is 0 Å². The highest BCUT2D eigenvalue weighted by molar-refractivity contribution is 5.85. The van der Waals surface area contributed by atoms with Crippen molar-refractivity contribution in [3.8, 4) is 0 Å². The second kappa shape index (κ2) is 5.18. The molecule has 0 amide bonds. The number of benzene rings is 1. The van der Waals surface area contributed by atoms with E-state index in [2.05, 4.69) is 40.3 Å². The van der Waals surface area contributed by atoms with E-state index >= 15 is 0 Å². The number of aromatic nitrogens is 1. The lowest BCUT2D eigenvalue weighted by Gasteiger charge is -2.45. The molecule has 1 aromatic heterocycles. The maximum Gasteiger partial charge on any atom is 0.0456 e. The van der Waals surface area contributed by atoms with Crippen LogP contribution in [0.5, 0.6) is 0 Å². The van der Waals surface area contributed by atoms with E-state index < -0.39 is 0 Å². The fraction of sp³-hybridized carbons (Fsp3) is 0.500. The first-order chi connectivity index (χ1) is 8.90. The number of H-pyrrole nitrogens is 1. The van der Waals surface area contributed by atoms with Gasteiger partial charge < -0.3 is 9.88 Å². The number of aromatic amines is 1. The van der Waals surface area contributed by atoms with E-state index in [-0.39, 0.29) is 12.4 Å². The summed E-state index contributed by atoms with van der Waals surface area (Å²) in [4.78, 5) is 6.11. The van der Waals surface area contributed by atoms with E-state index in [1.54, 1.807) is 0 Å². The fourth-order valence-electron chi connectivity index (χ4n) is 3.85. The van der Waals surface area contributed by atoms with Gasteiger partial charge in [-0.3, -0.25) is 0 Å². The molecule has 3 saturated heterocycles. The third-order valence-electron chi connectivity index (χ3n) is 4.90. The van der Waals surface area contributed by atoms with Crippen LogP contribution in [0.15, 0.2) is 30.5 Å². The third-order valence-corrected chi connectivity index (χ3v) is 4.90. The predicted molar refractivity (Wildman–Crippen MR) is 82.0 cm³/mol. The third kappa shape index (κ3) is 2.28. The van der Waals surface area contributed by atoms with Crippen LogP contribution in [0.25, 0.3) is 10.9 Å². The molecule has 0 radical (unpaired) electrons. The van der Waals surface area contributed by atoms with Crippen LogP contribution in [-0.4, -0.2) is 29.0 Å². The molecule has 2 aromatic rings. The Bertz CT molecular complexity index is 555. The lowest BCUT2D eigenvalue weighted by atomic mass is 9.81. The number of fused-ring (bicyclic) bond motifs is 4. The molecule has 1 atom stereocenters. The zero-order valence-corrected chi connectivity index (χ0v) is 12.0. The number of hydrogen-bond donors (Lipinski definition) is 1. The summed E-state index contributed by atoms with van der Waals surface area (Å²) >= 11 is 0. The minimum atomic E-state index is 0. The quantitative estimate of drug-likeness (QED) is 0.888. The summed E-state index contributed by atoms with van der Waals surface area (Å²) in [6, 6.07) is 9.46. The van der Waals surface area contributed by atoms with Crippen molar-refractivity contribution in [2.75, 3.05) is 13.1 Å². The molecule has 0 spiro atoms. The number of piperidine rings is 3. The minimum Gasteiger partial charge on any atom is -0.361 e. The van der Waals surface area contributed by atoms with E-state index in [1.165, 1.54) is 55.2 Å². The average Bonchev–Trinajstić information content (AvgIpc) is 2.84. The van der Waals surface area contributed by atoms with E-state index in [9.17, 15) is 0 Å². The van der Waals surface area contributed by atoms with Crippen LogP contribution in [0, 0.1) is 5.92 Å². The molecule has 3 aliphatic rings. The van der Waals surface area contributed by atoms with Crippen molar-refractivity contribution < 1.29 is 0 Å². The molecule has 2 bridgehead atoms. The van der Waals surface area contributed by atoms with Gasteiger partial charge in [-0.05, 0) is 56.3 Å². The first-order valence-corrected chi connectivity index (χ1v) is 7.19. The lowest BCUT2D eigenvalue weighted by molar-refractivity contribution is 0.0500. The van der Waals surface area contributed by atoms with Gasteiger partial charge in [0.1, 0.15) is 0 Å². The van der Waals surface area contributed by atoms with Gasteiger partial charge in [-0.25, -0.2) is 0 Å². The van der Waals surface area contributed by atoms with Gasteiger partial charge in [0, 0.05) is 23.1 Å². The van der Waals surface area contributed by atoms with Crippen LogP contribution in [0.4, 0.5) is 0 Å². The summed E-state index contributed by atoms with van der Waals surface area (Å²) < 4.78 is 0. The number of rotatable bonds is 2. The van der Waals surface area contributed by atoms with Gasteiger partial charge in [0.15, 0.2) is 0 Å². The van der Waals surface area contributed by atoms with Crippen molar-refractivity contribution in [2.24, 2.45) is 5.92 Å². The monoisotopic (exact) mass is 276 g/mol. The van der Waals surface area contributed by atoms with Gasteiger partial charge >= 0.3 is 0 Å². The molecule has 3 fully saturated rings. The number of nitrogens with zero attached hydrogens (tertiary/aromatic N) is 1. The largest absolute Gasteiger partial charge is 0.361 e. The summed E-state index contributed by atoms with van der Waals surface area (Å²) in [6.45, 7) is 2.66. The van der Waals surface area contributed by atoms with Crippen LogP contribution in [0.1, 0.15) is 24.8 Å². The molecule has 0 aliphatic carbocycles. The van der Waals surface area contributed by atoms with E-state index in [0.29, 0.717) is 0 Å². The highest BCUT2D eigenvalue weighted by Gasteiger charge is 2.33. The van der Waals surface area contributed by atoms with Crippen molar-refractivity contribution in [2.45, 2.75) is 31.7 Å². The number of hydrogen-bond acceptors (Lipinski definition) is 1. The Labute approximate surface area is 120 Å². The van der Waals surface area contributed by atoms with E-state index in [1.807, 2.05) is 0 Å². The van der Waals surface area contributed by atoms with Gasteiger partial charge in [-0.15, -0.1) is 12.4 Å². The Hall–Kier alpha value is -0.990. The van der Waals surface area contributed by atoms with Gasteiger partial charge in [-0.1, -0.05) is 18.2 Å². The molecule has 4 heterocycles. The SMILES string of the molecule is Cl.c1ccc2c(CC3CC4CCN3CC4)c[nH]c2c1. The average molecular weight is 277 g/mol. The molecule has 1 N–H and O–H groups in total. The zero-order valence-electron chi connectivity index (χ0n) is 11.1. The number of nitrogens with one attached hydrogen (secondary N) is 1.